The maximum Gasteiger partial charge on any atom is 0.191 e. The molecule has 1 fully saturated rings. The SMILES string of the molecule is C=CCNC(=NCc1nnc(C)n1C)NCC1(CC(C)C)CCCC1.I. The number of guanidine groups is 1. The molecular weight excluding hydrogens is 439 g/mol. The van der Waals surface area contributed by atoms with Crippen LogP contribution in [0.1, 0.15) is 57.6 Å². The van der Waals surface area contributed by atoms with Gasteiger partial charge in [0.05, 0.1) is 0 Å². The molecule has 0 bridgehead atoms. The Morgan fingerprint density at radius 1 is 1.31 bits per heavy atom. The van der Waals surface area contributed by atoms with Gasteiger partial charge in [-0.2, -0.15) is 0 Å². The van der Waals surface area contributed by atoms with Gasteiger partial charge in [0.1, 0.15) is 12.4 Å². The van der Waals surface area contributed by atoms with Gasteiger partial charge in [-0.15, -0.1) is 40.8 Å². The van der Waals surface area contributed by atoms with Crippen LogP contribution in [-0.4, -0.2) is 33.8 Å². The number of aliphatic imine (C=N–C) groups is 1. The van der Waals surface area contributed by atoms with Crippen molar-refractivity contribution in [2.45, 2.75) is 59.4 Å². The number of nitrogens with one attached hydrogen (secondary N) is 2. The molecule has 148 valence electrons. The van der Waals surface area contributed by atoms with Crippen molar-refractivity contribution in [3.63, 3.8) is 0 Å². The lowest BCUT2D eigenvalue weighted by molar-refractivity contribution is 0.235. The quantitative estimate of drug-likeness (QED) is 0.262. The predicted octanol–water partition coefficient (Wildman–Crippen LogP) is 3.57. The molecule has 0 spiro atoms. The topological polar surface area (TPSA) is 67.1 Å². The van der Waals surface area contributed by atoms with Gasteiger partial charge in [0.15, 0.2) is 11.8 Å². The van der Waals surface area contributed by atoms with Crippen molar-refractivity contribution in [2.24, 2.45) is 23.4 Å². The van der Waals surface area contributed by atoms with E-state index in [1.54, 1.807) is 0 Å². The molecule has 0 amide bonds. The van der Waals surface area contributed by atoms with Crippen LogP contribution >= 0.6 is 24.0 Å². The summed E-state index contributed by atoms with van der Waals surface area (Å²) in [5.41, 5.74) is 0.409. The third-order valence-corrected chi connectivity index (χ3v) is 5.11. The summed E-state index contributed by atoms with van der Waals surface area (Å²) in [6.07, 6.45) is 8.45. The molecule has 26 heavy (non-hydrogen) atoms. The van der Waals surface area contributed by atoms with Crippen LogP contribution in [0.25, 0.3) is 0 Å². The van der Waals surface area contributed by atoms with E-state index in [-0.39, 0.29) is 24.0 Å². The summed E-state index contributed by atoms with van der Waals surface area (Å²) in [4.78, 5) is 4.70. The van der Waals surface area contributed by atoms with Gasteiger partial charge >= 0.3 is 0 Å². The van der Waals surface area contributed by atoms with Gasteiger partial charge < -0.3 is 15.2 Å². The lowest BCUT2D eigenvalue weighted by Gasteiger charge is -2.32. The van der Waals surface area contributed by atoms with Gasteiger partial charge in [-0.05, 0) is 37.5 Å². The first-order chi connectivity index (χ1) is 12.0. The summed E-state index contributed by atoms with van der Waals surface area (Å²) < 4.78 is 1.98. The zero-order valence-corrected chi connectivity index (χ0v) is 19.0. The first kappa shape index (κ1) is 22.9. The van der Waals surface area contributed by atoms with Crippen molar-refractivity contribution >= 4 is 29.9 Å². The molecule has 7 heteroatoms. The Bertz CT molecular complexity index is 587. The fourth-order valence-corrected chi connectivity index (χ4v) is 3.80. The lowest BCUT2D eigenvalue weighted by Crippen LogP contribution is -2.43. The third kappa shape index (κ3) is 6.55. The molecule has 1 aromatic heterocycles. The first-order valence-corrected chi connectivity index (χ1v) is 9.44. The van der Waals surface area contributed by atoms with E-state index >= 15 is 0 Å². The van der Waals surface area contributed by atoms with Gasteiger partial charge in [-0.1, -0.05) is 32.8 Å². The van der Waals surface area contributed by atoms with Gasteiger partial charge in [0.2, 0.25) is 0 Å². The maximum absolute atomic E-state index is 4.70. The number of hydrogen-bond acceptors (Lipinski definition) is 3. The summed E-state index contributed by atoms with van der Waals surface area (Å²) in [6.45, 7) is 12.6. The molecule has 1 aromatic rings. The average molecular weight is 474 g/mol. The van der Waals surface area contributed by atoms with E-state index in [0.717, 1.165) is 30.1 Å². The monoisotopic (exact) mass is 474 g/mol. The average Bonchev–Trinajstić information content (AvgIpc) is 3.15. The van der Waals surface area contributed by atoms with Crippen molar-refractivity contribution in [1.82, 2.24) is 25.4 Å². The fraction of sp³-hybridized carbons (Fsp3) is 0.737. The van der Waals surface area contributed by atoms with Crippen molar-refractivity contribution in [1.29, 1.82) is 0 Å². The van der Waals surface area contributed by atoms with Crippen LogP contribution in [0.2, 0.25) is 0 Å². The van der Waals surface area contributed by atoms with E-state index in [9.17, 15) is 0 Å². The van der Waals surface area contributed by atoms with Crippen molar-refractivity contribution < 1.29 is 0 Å². The van der Waals surface area contributed by atoms with Crippen LogP contribution in [0.15, 0.2) is 17.6 Å². The van der Waals surface area contributed by atoms with E-state index in [0.29, 0.717) is 18.5 Å². The summed E-state index contributed by atoms with van der Waals surface area (Å²) in [5, 5.41) is 15.2. The summed E-state index contributed by atoms with van der Waals surface area (Å²) in [6, 6.07) is 0. The minimum atomic E-state index is 0. The van der Waals surface area contributed by atoms with Crippen LogP contribution in [0, 0.1) is 18.3 Å². The normalized spacial score (nSPS) is 16.4. The molecule has 0 saturated heterocycles. The minimum absolute atomic E-state index is 0. The number of rotatable bonds is 8. The van der Waals surface area contributed by atoms with E-state index in [4.69, 9.17) is 4.99 Å². The minimum Gasteiger partial charge on any atom is -0.356 e. The van der Waals surface area contributed by atoms with E-state index in [1.807, 2.05) is 24.6 Å². The Kier molecular flexibility index (Phi) is 9.60. The largest absolute Gasteiger partial charge is 0.356 e. The second-order valence-corrected chi connectivity index (χ2v) is 7.72. The number of nitrogens with zero attached hydrogens (tertiary/aromatic N) is 4. The number of hydrogen-bond donors (Lipinski definition) is 2. The lowest BCUT2D eigenvalue weighted by atomic mass is 9.78. The Labute approximate surface area is 175 Å². The van der Waals surface area contributed by atoms with Crippen molar-refractivity contribution in [3.05, 3.63) is 24.3 Å². The summed E-state index contributed by atoms with van der Waals surface area (Å²) in [5.74, 6) is 3.33. The standard InChI is InChI=1S/C19H34N6.HI/c1-6-11-20-18(21-13-17-24-23-16(4)25(17)5)22-14-19(12-15(2)3)9-7-8-10-19;/h6,15H,1,7-14H2,2-5H3,(H2,20,21,22);1H. The van der Waals surface area contributed by atoms with Gasteiger partial charge in [0, 0.05) is 20.1 Å². The van der Waals surface area contributed by atoms with Crippen molar-refractivity contribution in [3.8, 4) is 0 Å². The molecule has 2 N–H and O–H groups in total. The van der Waals surface area contributed by atoms with E-state index in [1.165, 1.54) is 32.1 Å². The van der Waals surface area contributed by atoms with Crippen LogP contribution in [-0.2, 0) is 13.6 Å². The molecule has 6 nitrogen and oxygen atoms in total. The summed E-state index contributed by atoms with van der Waals surface area (Å²) >= 11 is 0. The van der Waals surface area contributed by atoms with Crippen LogP contribution in [0.4, 0.5) is 0 Å². The zero-order chi connectivity index (χ0) is 18.3. The molecule has 2 rings (SSSR count). The molecule has 0 aliphatic heterocycles. The Hall–Kier alpha value is -1.12. The molecular formula is C19H35IN6. The highest BCUT2D eigenvalue weighted by molar-refractivity contribution is 14.0. The van der Waals surface area contributed by atoms with Gasteiger partial charge in [0.25, 0.3) is 0 Å². The maximum atomic E-state index is 4.70. The third-order valence-electron chi connectivity index (χ3n) is 5.11. The van der Waals surface area contributed by atoms with Crippen LogP contribution < -0.4 is 10.6 Å². The molecule has 1 saturated carbocycles. The molecule has 1 aliphatic rings. The zero-order valence-electron chi connectivity index (χ0n) is 16.7. The highest BCUT2D eigenvalue weighted by atomic mass is 127. The van der Waals surface area contributed by atoms with E-state index in [2.05, 4.69) is 41.3 Å². The first-order valence-electron chi connectivity index (χ1n) is 9.44. The Morgan fingerprint density at radius 3 is 2.54 bits per heavy atom. The Balaban J connectivity index is 0.00000338. The molecule has 1 aliphatic carbocycles. The van der Waals surface area contributed by atoms with Crippen molar-refractivity contribution in [2.75, 3.05) is 13.1 Å². The second kappa shape index (κ2) is 10.9. The van der Waals surface area contributed by atoms with Crippen LogP contribution in [0.5, 0.6) is 0 Å². The second-order valence-electron chi connectivity index (χ2n) is 7.72. The highest BCUT2D eigenvalue weighted by Crippen LogP contribution is 2.42. The van der Waals surface area contributed by atoms with Crippen LogP contribution in [0.3, 0.4) is 0 Å². The Morgan fingerprint density at radius 2 is 2.00 bits per heavy atom. The number of aryl methyl sites for hydroxylation is 1. The molecule has 1 heterocycles. The number of halogens is 1. The van der Waals surface area contributed by atoms with Gasteiger partial charge in [-0.25, -0.2) is 4.99 Å². The summed E-state index contributed by atoms with van der Waals surface area (Å²) in [7, 11) is 1.97. The predicted molar refractivity (Wildman–Crippen MR) is 119 cm³/mol. The van der Waals surface area contributed by atoms with Gasteiger partial charge in [-0.3, -0.25) is 0 Å². The molecule has 0 radical (unpaired) electrons. The molecule has 0 unspecified atom stereocenters. The molecule has 0 aromatic carbocycles. The van der Waals surface area contributed by atoms with E-state index < -0.39 is 0 Å². The smallest absolute Gasteiger partial charge is 0.191 e. The highest BCUT2D eigenvalue weighted by Gasteiger charge is 2.34. The fourth-order valence-electron chi connectivity index (χ4n) is 3.80. The number of aromatic nitrogens is 3. The molecule has 0 atom stereocenters.